The number of benzene rings is 1. The van der Waals surface area contributed by atoms with Gasteiger partial charge in [0.15, 0.2) is 0 Å². The molecule has 1 unspecified atom stereocenters. The summed E-state index contributed by atoms with van der Waals surface area (Å²) in [6.07, 6.45) is -2.39. The molecule has 134 valence electrons. The van der Waals surface area contributed by atoms with Crippen molar-refractivity contribution in [2.75, 3.05) is 0 Å². The normalized spacial score (nSPS) is 20.7. The van der Waals surface area contributed by atoms with Crippen LogP contribution in [0.25, 0.3) is 0 Å². The second-order valence-corrected chi connectivity index (χ2v) is 6.77. The van der Waals surface area contributed by atoms with Gasteiger partial charge in [-0.05, 0) is 49.1 Å². The van der Waals surface area contributed by atoms with Crippen molar-refractivity contribution in [1.29, 1.82) is 0 Å². The molecule has 2 rings (SSSR count). The molecule has 0 aliphatic heterocycles. The topological polar surface area (TPSA) is 74.6 Å². The fourth-order valence-corrected chi connectivity index (χ4v) is 3.10. The smallest absolute Gasteiger partial charge is 0.416 e. The van der Waals surface area contributed by atoms with Gasteiger partial charge >= 0.3 is 18.1 Å². The van der Waals surface area contributed by atoms with E-state index in [0.29, 0.717) is 10.0 Å². The summed E-state index contributed by atoms with van der Waals surface area (Å²) >= 11 is 3.14. The standard InChI is InChI=1S/C17H14BrF3O4/c1-9-4-5-16(15(24)25,8-12(9)14(22)23)7-10-6-11(17(19,20)21)2-3-13(10)18/h2-6H,7-8H2,1H3,(H,22,23)(H,24,25). The summed E-state index contributed by atoms with van der Waals surface area (Å²) in [5.74, 6) is -2.53. The first-order valence-electron chi connectivity index (χ1n) is 7.17. The number of carboxylic acids is 2. The molecule has 25 heavy (non-hydrogen) atoms. The Morgan fingerprint density at radius 3 is 2.44 bits per heavy atom. The van der Waals surface area contributed by atoms with Gasteiger partial charge in [-0.3, -0.25) is 4.79 Å². The largest absolute Gasteiger partial charge is 0.481 e. The van der Waals surface area contributed by atoms with Gasteiger partial charge in [-0.2, -0.15) is 13.2 Å². The Bertz CT molecular complexity index is 796. The van der Waals surface area contributed by atoms with E-state index >= 15 is 0 Å². The molecule has 1 aliphatic rings. The lowest BCUT2D eigenvalue weighted by Crippen LogP contribution is -2.35. The predicted molar refractivity (Wildman–Crippen MR) is 87.0 cm³/mol. The van der Waals surface area contributed by atoms with E-state index in [-0.39, 0.29) is 24.0 Å². The fourth-order valence-electron chi connectivity index (χ4n) is 2.71. The number of hydrogen-bond acceptors (Lipinski definition) is 2. The van der Waals surface area contributed by atoms with Gasteiger partial charge in [0.05, 0.1) is 11.0 Å². The summed E-state index contributed by atoms with van der Waals surface area (Å²) in [4.78, 5) is 23.2. The van der Waals surface area contributed by atoms with Gasteiger partial charge in [-0.25, -0.2) is 4.79 Å². The van der Waals surface area contributed by atoms with Gasteiger partial charge < -0.3 is 10.2 Å². The third-order valence-corrected chi connectivity index (χ3v) is 4.96. The maximum absolute atomic E-state index is 12.9. The highest BCUT2D eigenvalue weighted by atomic mass is 79.9. The number of aliphatic carboxylic acids is 2. The summed E-state index contributed by atoms with van der Waals surface area (Å²) in [6, 6.07) is 2.98. The van der Waals surface area contributed by atoms with Crippen LogP contribution in [0.2, 0.25) is 0 Å². The first-order chi connectivity index (χ1) is 11.5. The van der Waals surface area contributed by atoms with Gasteiger partial charge in [-0.1, -0.05) is 28.1 Å². The van der Waals surface area contributed by atoms with Crippen molar-refractivity contribution in [3.63, 3.8) is 0 Å². The highest BCUT2D eigenvalue weighted by molar-refractivity contribution is 9.10. The summed E-state index contributed by atoms with van der Waals surface area (Å²) < 4.78 is 39.1. The third-order valence-electron chi connectivity index (χ3n) is 4.18. The quantitative estimate of drug-likeness (QED) is 0.757. The van der Waals surface area contributed by atoms with Crippen molar-refractivity contribution in [2.24, 2.45) is 5.41 Å². The average molecular weight is 419 g/mol. The Morgan fingerprint density at radius 1 is 1.28 bits per heavy atom. The summed E-state index contributed by atoms with van der Waals surface area (Å²) in [7, 11) is 0. The number of hydrogen-bond donors (Lipinski definition) is 2. The molecule has 8 heteroatoms. The van der Waals surface area contributed by atoms with Crippen molar-refractivity contribution >= 4 is 27.9 Å². The Kier molecular flexibility index (Phi) is 5.13. The van der Waals surface area contributed by atoms with Crippen LogP contribution < -0.4 is 0 Å². The fraction of sp³-hybridized carbons (Fsp3) is 0.294. The zero-order valence-electron chi connectivity index (χ0n) is 13.0. The molecule has 0 spiro atoms. The van der Waals surface area contributed by atoms with Crippen LogP contribution in [0.3, 0.4) is 0 Å². The molecule has 1 atom stereocenters. The van der Waals surface area contributed by atoms with Crippen LogP contribution in [0.15, 0.2) is 46.0 Å². The van der Waals surface area contributed by atoms with E-state index in [1.807, 2.05) is 0 Å². The van der Waals surface area contributed by atoms with Gasteiger partial charge in [-0.15, -0.1) is 0 Å². The van der Waals surface area contributed by atoms with Crippen LogP contribution in [-0.2, 0) is 22.2 Å². The molecule has 0 heterocycles. The molecule has 0 radical (unpaired) electrons. The lowest BCUT2D eigenvalue weighted by atomic mass is 9.72. The molecule has 0 saturated heterocycles. The Balaban J connectivity index is 2.48. The predicted octanol–water partition coefficient (Wildman–Crippen LogP) is 4.44. The van der Waals surface area contributed by atoms with E-state index in [9.17, 15) is 33.0 Å². The Hall–Kier alpha value is -2.09. The molecule has 1 aromatic rings. The second-order valence-electron chi connectivity index (χ2n) is 5.92. The van der Waals surface area contributed by atoms with Crippen LogP contribution in [-0.4, -0.2) is 22.2 Å². The lowest BCUT2D eigenvalue weighted by Gasteiger charge is -2.30. The van der Waals surface area contributed by atoms with Crippen LogP contribution >= 0.6 is 15.9 Å². The summed E-state index contributed by atoms with van der Waals surface area (Å²) in [5.41, 5.74) is -2.01. The summed E-state index contributed by atoms with van der Waals surface area (Å²) in [5, 5.41) is 18.9. The Morgan fingerprint density at radius 2 is 1.92 bits per heavy atom. The SMILES string of the molecule is CC1=C(C(=O)O)CC(Cc2cc(C(F)(F)F)ccc2Br)(C(=O)O)C=C1. The molecule has 1 aliphatic carbocycles. The zero-order valence-corrected chi connectivity index (χ0v) is 14.6. The molecule has 0 saturated carbocycles. The molecule has 0 bridgehead atoms. The highest BCUT2D eigenvalue weighted by Gasteiger charge is 2.41. The minimum Gasteiger partial charge on any atom is -0.481 e. The van der Waals surface area contributed by atoms with Crippen LogP contribution in [0, 0.1) is 5.41 Å². The molecular weight excluding hydrogens is 405 g/mol. The molecule has 0 aromatic heterocycles. The minimum absolute atomic E-state index is 0.0620. The summed E-state index contributed by atoms with van der Waals surface area (Å²) in [6.45, 7) is 1.55. The number of rotatable bonds is 4. The van der Waals surface area contributed by atoms with Crippen LogP contribution in [0.4, 0.5) is 13.2 Å². The van der Waals surface area contributed by atoms with Crippen LogP contribution in [0.5, 0.6) is 0 Å². The van der Waals surface area contributed by atoms with E-state index in [4.69, 9.17) is 0 Å². The van der Waals surface area contributed by atoms with E-state index in [0.717, 1.165) is 12.1 Å². The van der Waals surface area contributed by atoms with Gasteiger partial charge in [0.2, 0.25) is 0 Å². The lowest BCUT2D eigenvalue weighted by molar-refractivity contribution is -0.146. The number of carbonyl (C=O) groups is 2. The first-order valence-corrected chi connectivity index (χ1v) is 7.97. The number of carboxylic acid groups (broad SMARTS) is 2. The van der Waals surface area contributed by atoms with E-state index in [1.165, 1.54) is 18.2 Å². The Labute approximate surface area is 149 Å². The molecule has 4 nitrogen and oxygen atoms in total. The monoisotopic (exact) mass is 418 g/mol. The van der Waals surface area contributed by atoms with Crippen molar-refractivity contribution in [2.45, 2.75) is 25.9 Å². The maximum Gasteiger partial charge on any atom is 0.416 e. The number of halogens is 4. The van der Waals surface area contributed by atoms with Crippen molar-refractivity contribution < 1.29 is 33.0 Å². The second kappa shape index (κ2) is 6.67. The van der Waals surface area contributed by atoms with E-state index < -0.39 is 29.1 Å². The third kappa shape index (κ3) is 3.95. The molecule has 0 amide bonds. The first kappa shape index (κ1) is 19.2. The molecule has 0 fully saturated rings. The molecule has 1 aromatic carbocycles. The zero-order chi connectivity index (χ0) is 19.0. The maximum atomic E-state index is 12.9. The van der Waals surface area contributed by atoms with E-state index in [1.54, 1.807) is 6.92 Å². The van der Waals surface area contributed by atoms with Crippen molar-refractivity contribution in [3.05, 3.63) is 57.1 Å². The van der Waals surface area contributed by atoms with Gasteiger partial charge in [0, 0.05) is 10.0 Å². The van der Waals surface area contributed by atoms with Crippen LogP contribution in [0.1, 0.15) is 24.5 Å². The molecular formula is C17H14BrF3O4. The average Bonchev–Trinajstić information content (AvgIpc) is 2.49. The minimum atomic E-state index is -4.56. The van der Waals surface area contributed by atoms with Gasteiger partial charge in [0.25, 0.3) is 0 Å². The van der Waals surface area contributed by atoms with Crippen molar-refractivity contribution in [3.8, 4) is 0 Å². The van der Waals surface area contributed by atoms with E-state index in [2.05, 4.69) is 15.9 Å². The number of allylic oxidation sites excluding steroid dienone is 2. The highest BCUT2D eigenvalue weighted by Crippen LogP contribution is 2.40. The molecule has 2 N–H and O–H groups in total. The van der Waals surface area contributed by atoms with Gasteiger partial charge in [0.1, 0.15) is 0 Å². The van der Waals surface area contributed by atoms with Crippen molar-refractivity contribution in [1.82, 2.24) is 0 Å². The number of alkyl halides is 3.